The van der Waals surface area contributed by atoms with E-state index in [0.29, 0.717) is 6.54 Å². The van der Waals surface area contributed by atoms with Crippen LogP contribution in [0.3, 0.4) is 0 Å². The molecule has 2 aliphatic rings. The Kier molecular flexibility index (Phi) is 7.92. The van der Waals surface area contributed by atoms with Gasteiger partial charge in [0.2, 0.25) is 0 Å². The van der Waals surface area contributed by atoms with Crippen LogP contribution in [0.15, 0.2) is 72.8 Å². The fraction of sp³-hybridized carbons (Fsp3) is 0.400. The first kappa shape index (κ1) is 24.2. The second-order valence-corrected chi connectivity index (χ2v) is 9.74. The number of likely N-dealkylation sites (tertiary alicyclic amines) is 1. The molecule has 0 unspecified atom stereocenters. The molecule has 0 saturated carbocycles. The molecule has 35 heavy (non-hydrogen) atoms. The fourth-order valence-electron chi connectivity index (χ4n) is 5.21. The molecule has 3 N–H and O–H groups in total. The predicted octanol–water partition coefficient (Wildman–Crippen LogP) is 5.34. The topological polar surface area (TPSA) is 68.0 Å². The van der Waals surface area contributed by atoms with E-state index in [0.717, 1.165) is 59.4 Å². The van der Waals surface area contributed by atoms with Crippen molar-refractivity contribution >= 4 is 0 Å². The van der Waals surface area contributed by atoms with Crippen molar-refractivity contribution < 1.29 is 14.6 Å². The Bertz CT molecular complexity index is 1090. The van der Waals surface area contributed by atoms with E-state index in [9.17, 15) is 5.11 Å². The standard InChI is InChI=1S/C30H36N2O3/c31-19-23-6-4-7-25(16-23)26-8-5-9-27(17-26)30-34-28(20-32-14-2-1-3-15-32)18-29(35-30)24-12-10-22(21-33)11-13-24/h4-13,16-17,28-30,33H,1-3,14-15,18-21,31H2/t28-,29+,30+/m1/s1. The van der Waals surface area contributed by atoms with Gasteiger partial charge in [0.15, 0.2) is 6.29 Å². The molecule has 3 aromatic carbocycles. The Morgan fingerprint density at radius 3 is 2.29 bits per heavy atom. The number of rotatable bonds is 7. The second kappa shape index (κ2) is 11.5. The quantitative estimate of drug-likeness (QED) is 0.486. The highest BCUT2D eigenvalue weighted by Gasteiger charge is 2.33. The van der Waals surface area contributed by atoms with Crippen LogP contribution >= 0.6 is 0 Å². The summed E-state index contributed by atoms with van der Waals surface area (Å²) in [6, 6.07) is 24.9. The molecule has 0 bridgehead atoms. The highest BCUT2D eigenvalue weighted by molar-refractivity contribution is 5.65. The van der Waals surface area contributed by atoms with Gasteiger partial charge in [0.1, 0.15) is 0 Å². The molecule has 3 atom stereocenters. The number of benzene rings is 3. The minimum atomic E-state index is -0.432. The Hall–Kier alpha value is -2.54. The number of aliphatic hydroxyl groups is 1. The van der Waals surface area contributed by atoms with Gasteiger partial charge in [0, 0.05) is 25.1 Å². The molecule has 0 aliphatic carbocycles. The van der Waals surface area contributed by atoms with Crippen LogP contribution in [-0.2, 0) is 22.6 Å². The molecule has 3 aromatic rings. The van der Waals surface area contributed by atoms with Gasteiger partial charge >= 0.3 is 0 Å². The van der Waals surface area contributed by atoms with Gasteiger partial charge in [-0.05, 0) is 65.9 Å². The largest absolute Gasteiger partial charge is 0.392 e. The van der Waals surface area contributed by atoms with Crippen molar-refractivity contribution in [2.24, 2.45) is 5.73 Å². The molecular formula is C30H36N2O3. The highest BCUT2D eigenvalue weighted by Crippen LogP contribution is 2.39. The third kappa shape index (κ3) is 6.00. The van der Waals surface area contributed by atoms with Crippen LogP contribution in [-0.4, -0.2) is 35.7 Å². The molecule has 5 rings (SSSR count). The lowest BCUT2D eigenvalue weighted by atomic mass is 9.98. The molecule has 0 amide bonds. The van der Waals surface area contributed by atoms with Crippen LogP contribution in [0.5, 0.6) is 0 Å². The van der Waals surface area contributed by atoms with Gasteiger partial charge in [0.25, 0.3) is 0 Å². The number of aliphatic hydroxyl groups excluding tert-OH is 1. The lowest BCUT2D eigenvalue weighted by Gasteiger charge is -2.39. The van der Waals surface area contributed by atoms with Gasteiger partial charge in [-0.1, -0.05) is 67.1 Å². The average Bonchev–Trinajstić information content (AvgIpc) is 2.93. The number of nitrogens with zero attached hydrogens (tertiary/aromatic N) is 1. The Morgan fingerprint density at radius 1 is 0.800 bits per heavy atom. The zero-order chi connectivity index (χ0) is 24.0. The van der Waals surface area contributed by atoms with E-state index in [1.165, 1.54) is 19.3 Å². The van der Waals surface area contributed by atoms with Gasteiger partial charge in [-0.15, -0.1) is 0 Å². The zero-order valence-corrected chi connectivity index (χ0v) is 20.3. The summed E-state index contributed by atoms with van der Waals surface area (Å²) in [6.45, 7) is 3.80. The summed E-state index contributed by atoms with van der Waals surface area (Å²) in [6.07, 6.45) is 4.29. The molecule has 2 aliphatic heterocycles. The van der Waals surface area contributed by atoms with Gasteiger partial charge in [-0.3, -0.25) is 0 Å². The lowest BCUT2D eigenvalue weighted by molar-refractivity contribution is -0.253. The minimum Gasteiger partial charge on any atom is -0.392 e. The Morgan fingerprint density at radius 2 is 1.54 bits per heavy atom. The van der Waals surface area contributed by atoms with E-state index in [4.69, 9.17) is 15.2 Å². The maximum absolute atomic E-state index is 9.44. The summed E-state index contributed by atoms with van der Waals surface area (Å²) in [5.41, 5.74) is 12.3. The van der Waals surface area contributed by atoms with E-state index in [-0.39, 0.29) is 18.8 Å². The molecule has 2 heterocycles. The van der Waals surface area contributed by atoms with Gasteiger partial charge in [-0.25, -0.2) is 0 Å². The number of ether oxygens (including phenoxy) is 2. The summed E-state index contributed by atoms with van der Waals surface area (Å²) < 4.78 is 13.1. The molecule has 5 nitrogen and oxygen atoms in total. The molecule has 184 valence electrons. The first-order chi connectivity index (χ1) is 17.2. The van der Waals surface area contributed by atoms with Crippen LogP contribution in [0.2, 0.25) is 0 Å². The van der Waals surface area contributed by atoms with Crippen molar-refractivity contribution in [3.63, 3.8) is 0 Å². The molecule has 0 radical (unpaired) electrons. The summed E-state index contributed by atoms with van der Waals surface area (Å²) in [7, 11) is 0. The molecule has 0 spiro atoms. The van der Waals surface area contributed by atoms with E-state index in [1.807, 2.05) is 12.1 Å². The third-order valence-electron chi connectivity index (χ3n) is 7.18. The molecule has 2 saturated heterocycles. The maximum atomic E-state index is 9.44. The normalized spacial score (nSPS) is 23.3. The number of piperidine rings is 1. The zero-order valence-electron chi connectivity index (χ0n) is 20.3. The Balaban J connectivity index is 1.40. The second-order valence-electron chi connectivity index (χ2n) is 9.74. The molecule has 2 fully saturated rings. The summed E-state index contributed by atoms with van der Waals surface area (Å²) >= 11 is 0. The van der Waals surface area contributed by atoms with Crippen LogP contribution in [0, 0.1) is 0 Å². The average molecular weight is 473 g/mol. The monoisotopic (exact) mass is 472 g/mol. The number of hydrogen-bond donors (Lipinski definition) is 2. The van der Waals surface area contributed by atoms with Crippen LogP contribution in [0.4, 0.5) is 0 Å². The van der Waals surface area contributed by atoms with Crippen molar-refractivity contribution in [2.75, 3.05) is 19.6 Å². The van der Waals surface area contributed by atoms with Crippen molar-refractivity contribution in [3.8, 4) is 11.1 Å². The summed E-state index contributed by atoms with van der Waals surface area (Å²) in [5.74, 6) is 0. The predicted molar refractivity (Wildman–Crippen MR) is 138 cm³/mol. The van der Waals surface area contributed by atoms with Crippen molar-refractivity contribution in [1.29, 1.82) is 0 Å². The third-order valence-corrected chi connectivity index (χ3v) is 7.18. The van der Waals surface area contributed by atoms with Crippen molar-refractivity contribution in [1.82, 2.24) is 4.90 Å². The lowest BCUT2D eigenvalue weighted by Crippen LogP contribution is -2.41. The van der Waals surface area contributed by atoms with Crippen molar-refractivity contribution in [2.45, 2.75) is 57.3 Å². The van der Waals surface area contributed by atoms with Crippen LogP contribution < -0.4 is 5.73 Å². The minimum absolute atomic E-state index is 0.0489. The smallest absolute Gasteiger partial charge is 0.184 e. The highest BCUT2D eigenvalue weighted by atomic mass is 16.7. The van der Waals surface area contributed by atoms with Gasteiger partial charge in [0.05, 0.1) is 18.8 Å². The fourth-order valence-corrected chi connectivity index (χ4v) is 5.21. The van der Waals surface area contributed by atoms with E-state index in [2.05, 4.69) is 65.6 Å². The SMILES string of the molecule is NCc1cccc(-c2cccc([C@H]3O[C@@H](CN4CCCCC4)C[C@@H](c4ccc(CO)cc4)O3)c2)c1. The first-order valence-corrected chi connectivity index (χ1v) is 12.8. The number of hydrogen-bond acceptors (Lipinski definition) is 5. The Labute approximate surface area is 208 Å². The van der Waals surface area contributed by atoms with Gasteiger partial charge < -0.3 is 25.2 Å². The van der Waals surface area contributed by atoms with E-state index < -0.39 is 6.29 Å². The van der Waals surface area contributed by atoms with Crippen LogP contribution in [0.25, 0.3) is 11.1 Å². The first-order valence-electron chi connectivity index (χ1n) is 12.8. The maximum Gasteiger partial charge on any atom is 0.184 e. The van der Waals surface area contributed by atoms with E-state index >= 15 is 0 Å². The van der Waals surface area contributed by atoms with Gasteiger partial charge in [-0.2, -0.15) is 0 Å². The van der Waals surface area contributed by atoms with E-state index in [1.54, 1.807) is 0 Å². The van der Waals surface area contributed by atoms with Crippen LogP contribution in [0.1, 0.15) is 60.3 Å². The summed E-state index contributed by atoms with van der Waals surface area (Å²) in [4.78, 5) is 2.54. The summed E-state index contributed by atoms with van der Waals surface area (Å²) in [5, 5.41) is 9.44. The molecule has 5 heteroatoms. The number of nitrogens with two attached hydrogens (primary N) is 1. The van der Waals surface area contributed by atoms with Crippen molar-refractivity contribution in [3.05, 3.63) is 95.1 Å². The molecule has 0 aromatic heterocycles. The molecular weight excluding hydrogens is 436 g/mol.